The van der Waals surface area contributed by atoms with Crippen molar-refractivity contribution in [3.8, 4) is 34.3 Å². The highest BCUT2D eigenvalue weighted by molar-refractivity contribution is 5.84. The SMILES string of the molecule is [CH2]Cc1c(O)nc(CCCC)c(-c2c(OC)cccc2OC)c1O. The zero-order chi connectivity index (χ0) is 17.7. The van der Waals surface area contributed by atoms with Gasteiger partial charge in [-0.1, -0.05) is 19.4 Å². The van der Waals surface area contributed by atoms with E-state index >= 15 is 0 Å². The molecule has 0 saturated heterocycles. The molecule has 0 aliphatic rings. The summed E-state index contributed by atoms with van der Waals surface area (Å²) in [4.78, 5) is 4.31. The van der Waals surface area contributed by atoms with E-state index in [4.69, 9.17) is 9.47 Å². The van der Waals surface area contributed by atoms with Crippen molar-refractivity contribution in [2.75, 3.05) is 14.2 Å². The zero-order valence-corrected chi connectivity index (χ0v) is 14.4. The van der Waals surface area contributed by atoms with E-state index < -0.39 is 0 Å². The van der Waals surface area contributed by atoms with E-state index in [2.05, 4.69) is 18.8 Å². The first-order chi connectivity index (χ1) is 11.6. The average Bonchev–Trinajstić information content (AvgIpc) is 2.59. The number of aromatic nitrogens is 1. The predicted molar refractivity (Wildman–Crippen MR) is 93.8 cm³/mol. The van der Waals surface area contributed by atoms with Crippen LogP contribution in [-0.4, -0.2) is 29.4 Å². The van der Waals surface area contributed by atoms with E-state index in [1.165, 1.54) is 0 Å². The minimum atomic E-state index is -0.175. The number of unbranched alkanes of at least 4 members (excludes halogenated alkanes) is 1. The van der Waals surface area contributed by atoms with Crippen molar-refractivity contribution in [3.05, 3.63) is 36.4 Å². The Morgan fingerprint density at radius 1 is 1.08 bits per heavy atom. The van der Waals surface area contributed by atoms with Gasteiger partial charge in [-0.3, -0.25) is 0 Å². The number of hydrogen-bond donors (Lipinski definition) is 2. The van der Waals surface area contributed by atoms with Crippen LogP contribution >= 0.6 is 0 Å². The number of aromatic hydroxyl groups is 2. The topological polar surface area (TPSA) is 71.8 Å². The zero-order valence-electron chi connectivity index (χ0n) is 14.4. The number of nitrogens with zero attached hydrogens (tertiary/aromatic N) is 1. The standard InChI is InChI=1S/C19H24NO4/c1-5-7-9-13-16(18(21)12(6-2)19(22)20-13)17-14(23-3)10-8-11-15(17)24-4/h8,10-11H,2,5-7,9H2,1,3-4H3,(H2,20,21,22). The van der Waals surface area contributed by atoms with E-state index in [-0.39, 0.29) is 18.1 Å². The fourth-order valence-corrected chi connectivity index (χ4v) is 2.76. The number of rotatable bonds is 7. The van der Waals surface area contributed by atoms with Gasteiger partial charge < -0.3 is 19.7 Å². The van der Waals surface area contributed by atoms with Crippen LogP contribution in [0.1, 0.15) is 31.0 Å². The smallest absolute Gasteiger partial charge is 0.218 e. The molecule has 0 saturated carbocycles. The number of ether oxygens (including phenoxy) is 2. The molecule has 24 heavy (non-hydrogen) atoms. The van der Waals surface area contributed by atoms with Crippen LogP contribution in [0.5, 0.6) is 23.1 Å². The van der Waals surface area contributed by atoms with Crippen molar-refractivity contribution < 1.29 is 19.7 Å². The van der Waals surface area contributed by atoms with E-state index in [0.717, 1.165) is 12.8 Å². The van der Waals surface area contributed by atoms with E-state index in [9.17, 15) is 10.2 Å². The molecule has 1 aromatic heterocycles. The van der Waals surface area contributed by atoms with Crippen LogP contribution in [0, 0.1) is 6.92 Å². The minimum Gasteiger partial charge on any atom is -0.507 e. The highest BCUT2D eigenvalue weighted by atomic mass is 16.5. The summed E-state index contributed by atoms with van der Waals surface area (Å²) in [7, 11) is 3.13. The average molecular weight is 330 g/mol. The fourth-order valence-electron chi connectivity index (χ4n) is 2.76. The van der Waals surface area contributed by atoms with Crippen LogP contribution in [0.15, 0.2) is 18.2 Å². The Balaban J connectivity index is 2.81. The van der Waals surface area contributed by atoms with Crippen molar-refractivity contribution in [3.63, 3.8) is 0 Å². The van der Waals surface area contributed by atoms with Crippen LogP contribution in [0.25, 0.3) is 11.1 Å². The van der Waals surface area contributed by atoms with Gasteiger partial charge in [-0.05, 0) is 38.3 Å². The second kappa shape index (κ2) is 7.90. The molecular weight excluding hydrogens is 306 g/mol. The highest BCUT2D eigenvalue weighted by Gasteiger charge is 2.24. The molecule has 1 aromatic carbocycles. The number of aryl methyl sites for hydroxylation is 1. The number of methoxy groups -OCH3 is 2. The molecule has 2 N–H and O–H groups in total. The molecule has 2 aromatic rings. The molecule has 1 heterocycles. The van der Waals surface area contributed by atoms with Crippen molar-refractivity contribution in [2.24, 2.45) is 0 Å². The second-order valence-corrected chi connectivity index (χ2v) is 5.48. The van der Waals surface area contributed by atoms with Gasteiger partial charge in [-0.15, -0.1) is 0 Å². The van der Waals surface area contributed by atoms with Crippen LogP contribution in [0.3, 0.4) is 0 Å². The van der Waals surface area contributed by atoms with Crippen molar-refractivity contribution in [1.29, 1.82) is 0 Å². The molecule has 0 amide bonds. The lowest BCUT2D eigenvalue weighted by molar-refractivity contribution is 0.395. The molecule has 5 nitrogen and oxygen atoms in total. The summed E-state index contributed by atoms with van der Waals surface area (Å²) < 4.78 is 10.9. The first kappa shape index (κ1) is 17.9. The molecule has 1 radical (unpaired) electrons. The van der Waals surface area contributed by atoms with Crippen molar-refractivity contribution >= 4 is 0 Å². The van der Waals surface area contributed by atoms with E-state index in [0.29, 0.717) is 40.3 Å². The Kier molecular flexibility index (Phi) is 5.90. The highest BCUT2D eigenvalue weighted by Crippen LogP contribution is 2.47. The van der Waals surface area contributed by atoms with Gasteiger partial charge in [0.1, 0.15) is 17.2 Å². The molecule has 0 aliphatic heterocycles. The third-order valence-corrected chi connectivity index (χ3v) is 4.02. The van der Waals surface area contributed by atoms with Gasteiger partial charge in [0.2, 0.25) is 5.88 Å². The molecule has 0 spiro atoms. The lowest BCUT2D eigenvalue weighted by atomic mass is 9.95. The number of pyridine rings is 1. The summed E-state index contributed by atoms with van der Waals surface area (Å²) in [5.41, 5.74) is 2.10. The maximum atomic E-state index is 10.8. The summed E-state index contributed by atoms with van der Waals surface area (Å²) >= 11 is 0. The quantitative estimate of drug-likeness (QED) is 0.805. The van der Waals surface area contributed by atoms with Gasteiger partial charge in [0.15, 0.2) is 0 Å². The van der Waals surface area contributed by atoms with Crippen LogP contribution in [0.2, 0.25) is 0 Å². The largest absolute Gasteiger partial charge is 0.507 e. The van der Waals surface area contributed by atoms with Crippen LogP contribution in [-0.2, 0) is 12.8 Å². The van der Waals surface area contributed by atoms with Crippen LogP contribution in [0.4, 0.5) is 0 Å². The summed E-state index contributed by atoms with van der Waals surface area (Å²) in [6, 6.07) is 5.43. The number of hydrogen-bond acceptors (Lipinski definition) is 5. The molecule has 2 rings (SSSR count). The van der Waals surface area contributed by atoms with Crippen molar-refractivity contribution in [1.82, 2.24) is 4.98 Å². The molecule has 0 fully saturated rings. The Bertz CT molecular complexity index is 691. The Morgan fingerprint density at radius 3 is 2.21 bits per heavy atom. The molecule has 0 bridgehead atoms. The lowest BCUT2D eigenvalue weighted by Crippen LogP contribution is -2.02. The first-order valence-corrected chi connectivity index (χ1v) is 8.03. The van der Waals surface area contributed by atoms with Gasteiger partial charge in [0, 0.05) is 0 Å². The third kappa shape index (κ3) is 3.25. The second-order valence-electron chi connectivity index (χ2n) is 5.48. The Hall–Kier alpha value is -2.43. The third-order valence-electron chi connectivity index (χ3n) is 4.02. The molecule has 0 atom stereocenters. The summed E-state index contributed by atoms with van der Waals surface area (Å²) in [5, 5.41) is 20.9. The van der Waals surface area contributed by atoms with Gasteiger partial charge in [0.25, 0.3) is 0 Å². The monoisotopic (exact) mass is 330 g/mol. The fraction of sp³-hybridized carbons (Fsp3) is 0.368. The van der Waals surface area contributed by atoms with Gasteiger partial charge in [-0.2, -0.15) is 0 Å². The van der Waals surface area contributed by atoms with E-state index in [1.807, 2.05) is 6.07 Å². The van der Waals surface area contributed by atoms with Crippen molar-refractivity contribution in [2.45, 2.75) is 32.6 Å². The number of benzene rings is 1. The minimum absolute atomic E-state index is 0.0218. The molecule has 129 valence electrons. The summed E-state index contributed by atoms with van der Waals surface area (Å²) in [5.74, 6) is 0.951. The maximum absolute atomic E-state index is 10.8. The Labute approximate surface area is 142 Å². The van der Waals surface area contributed by atoms with E-state index in [1.54, 1.807) is 26.4 Å². The molecule has 0 aliphatic carbocycles. The Morgan fingerprint density at radius 2 is 1.71 bits per heavy atom. The summed E-state index contributed by atoms with van der Waals surface area (Å²) in [6.45, 7) is 5.84. The van der Waals surface area contributed by atoms with Gasteiger partial charge >= 0.3 is 0 Å². The molecule has 0 unspecified atom stereocenters. The maximum Gasteiger partial charge on any atom is 0.218 e. The van der Waals surface area contributed by atoms with Gasteiger partial charge in [0.05, 0.1) is 36.6 Å². The molecule has 5 heteroatoms. The molecular formula is C19H24NO4. The predicted octanol–water partition coefficient (Wildman–Crippen LogP) is 3.90. The normalized spacial score (nSPS) is 10.7. The first-order valence-electron chi connectivity index (χ1n) is 8.03. The van der Waals surface area contributed by atoms with Gasteiger partial charge in [-0.25, -0.2) is 4.98 Å². The van der Waals surface area contributed by atoms with Crippen LogP contribution < -0.4 is 9.47 Å². The lowest BCUT2D eigenvalue weighted by Gasteiger charge is -2.19. The summed E-state index contributed by atoms with van der Waals surface area (Å²) in [6.07, 6.45) is 2.72.